The molecule has 7 nitrogen and oxygen atoms in total. The minimum Gasteiger partial charge on any atom is -0.479 e. The summed E-state index contributed by atoms with van der Waals surface area (Å²) in [5.41, 5.74) is 0. The van der Waals surface area contributed by atoms with Crippen molar-refractivity contribution in [2.24, 2.45) is 0 Å². The molecule has 1 rings (SSSR count). The van der Waals surface area contributed by atoms with Crippen LogP contribution in [0.4, 0.5) is 4.79 Å². The number of ether oxygens (including phenoxy) is 2. The third-order valence-electron chi connectivity index (χ3n) is 3.52. The van der Waals surface area contributed by atoms with Gasteiger partial charge in [-0.15, -0.1) is 0 Å². The number of urea groups is 1. The fourth-order valence-electron chi connectivity index (χ4n) is 2.07. The van der Waals surface area contributed by atoms with E-state index in [0.717, 1.165) is 6.42 Å². The molecule has 1 fully saturated rings. The van der Waals surface area contributed by atoms with E-state index >= 15 is 0 Å². The number of carbonyl (C=O) groups is 2. The number of carboxylic acid groups (broad SMARTS) is 1. The lowest BCUT2D eigenvalue weighted by molar-refractivity contribution is -0.154. The molecule has 0 aromatic carbocycles. The fraction of sp³-hybridized carbons (Fsp3) is 0.846. The molecular formula is C13H24N2O5. The third kappa shape index (κ3) is 4.35. The van der Waals surface area contributed by atoms with Crippen LogP contribution < -0.4 is 0 Å². The predicted molar refractivity (Wildman–Crippen MR) is 72.7 cm³/mol. The molecule has 1 aliphatic rings. The second-order valence-corrected chi connectivity index (χ2v) is 4.87. The quantitative estimate of drug-likeness (QED) is 0.776. The van der Waals surface area contributed by atoms with Gasteiger partial charge in [0.15, 0.2) is 6.10 Å². The van der Waals surface area contributed by atoms with E-state index in [9.17, 15) is 9.59 Å². The molecule has 2 amide bonds. The zero-order valence-corrected chi connectivity index (χ0v) is 12.4. The van der Waals surface area contributed by atoms with E-state index in [1.807, 2.05) is 13.8 Å². The summed E-state index contributed by atoms with van der Waals surface area (Å²) in [4.78, 5) is 26.8. The molecule has 0 aliphatic carbocycles. The Kier molecular flexibility index (Phi) is 6.74. The third-order valence-corrected chi connectivity index (χ3v) is 3.52. The molecule has 0 bridgehead atoms. The van der Waals surface area contributed by atoms with Crippen LogP contribution in [0.1, 0.15) is 20.3 Å². The topological polar surface area (TPSA) is 79.3 Å². The van der Waals surface area contributed by atoms with E-state index in [1.165, 1.54) is 0 Å². The summed E-state index contributed by atoms with van der Waals surface area (Å²) in [7, 11) is 1.59. The van der Waals surface area contributed by atoms with Gasteiger partial charge in [0.1, 0.15) is 0 Å². The number of aliphatic carboxylic acids is 1. The van der Waals surface area contributed by atoms with Crippen LogP contribution in [0.3, 0.4) is 0 Å². The van der Waals surface area contributed by atoms with E-state index in [4.69, 9.17) is 14.6 Å². The lowest BCUT2D eigenvalue weighted by Crippen LogP contribution is -2.55. The van der Waals surface area contributed by atoms with Crippen molar-refractivity contribution in [2.75, 3.05) is 40.0 Å². The van der Waals surface area contributed by atoms with Crippen molar-refractivity contribution in [3.63, 3.8) is 0 Å². The van der Waals surface area contributed by atoms with Crippen molar-refractivity contribution in [2.45, 2.75) is 32.4 Å². The lowest BCUT2D eigenvalue weighted by Gasteiger charge is -2.37. The number of methoxy groups -OCH3 is 1. The molecule has 20 heavy (non-hydrogen) atoms. The first kappa shape index (κ1) is 16.7. The van der Waals surface area contributed by atoms with Crippen molar-refractivity contribution in [1.29, 1.82) is 0 Å². The van der Waals surface area contributed by atoms with Crippen LogP contribution in [0.5, 0.6) is 0 Å². The number of hydrogen-bond acceptors (Lipinski definition) is 4. The lowest BCUT2D eigenvalue weighted by atomic mass is 10.2. The molecule has 0 aromatic rings. The van der Waals surface area contributed by atoms with Gasteiger partial charge in [0.05, 0.1) is 19.8 Å². The number of rotatable bonds is 6. The Labute approximate surface area is 119 Å². The second-order valence-electron chi connectivity index (χ2n) is 4.87. The standard InChI is InChI=1S/C13H24N2O5/c1-4-10(2)15(6-7-19-3)13(18)14-5-8-20-11(9-14)12(16)17/h10-11H,4-9H2,1-3H3,(H,16,17). The molecule has 1 saturated heterocycles. The smallest absolute Gasteiger partial charge is 0.334 e. The number of nitrogens with zero attached hydrogens (tertiary/aromatic N) is 2. The zero-order valence-electron chi connectivity index (χ0n) is 12.4. The Morgan fingerprint density at radius 1 is 1.55 bits per heavy atom. The summed E-state index contributed by atoms with van der Waals surface area (Å²) in [6, 6.07) is -0.0604. The van der Waals surface area contributed by atoms with E-state index in [-0.39, 0.29) is 25.2 Å². The second kappa shape index (κ2) is 8.06. The van der Waals surface area contributed by atoms with Gasteiger partial charge in [-0.05, 0) is 13.3 Å². The van der Waals surface area contributed by atoms with Crippen LogP contribution in [0.25, 0.3) is 0 Å². The summed E-state index contributed by atoms with van der Waals surface area (Å²) in [6.07, 6.45) is -0.101. The van der Waals surface area contributed by atoms with Crippen molar-refractivity contribution < 1.29 is 24.2 Å². The van der Waals surface area contributed by atoms with Gasteiger partial charge in [-0.25, -0.2) is 9.59 Å². The largest absolute Gasteiger partial charge is 0.479 e. The van der Waals surface area contributed by atoms with Crippen LogP contribution in [-0.2, 0) is 14.3 Å². The normalized spacial score (nSPS) is 20.6. The number of carboxylic acids is 1. The molecule has 1 heterocycles. The van der Waals surface area contributed by atoms with Gasteiger partial charge < -0.3 is 24.4 Å². The number of morpholine rings is 1. The molecule has 0 saturated carbocycles. The van der Waals surface area contributed by atoms with Crippen LogP contribution in [0.15, 0.2) is 0 Å². The summed E-state index contributed by atoms with van der Waals surface area (Å²) in [5, 5.41) is 8.98. The average Bonchev–Trinajstić information content (AvgIpc) is 2.47. The monoisotopic (exact) mass is 288 g/mol. The van der Waals surface area contributed by atoms with Crippen LogP contribution in [-0.4, -0.2) is 79.0 Å². The van der Waals surface area contributed by atoms with Gasteiger partial charge in [-0.2, -0.15) is 0 Å². The predicted octanol–water partition coefficient (Wildman–Crippen LogP) is 0.639. The Bertz CT molecular complexity index is 337. The first-order chi connectivity index (χ1) is 9.51. The van der Waals surface area contributed by atoms with Crippen LogP contribution >= 0.6 is 0 Å². The molecule has 116 valence electrons. The Morgan fingerprint density at radius 2 is 2.25 bits per heavy atom. The van der Waals surface area contributed by atoms with Crippen LogP contribution in [0.2, 0.25) is 0 Å². The molecular weight excluding hydrogens is 264 g/mol. The first-order valence-corrected chi connectivity index (χ1v) is 6.90. The molecule has 2 atom stereocenters. The summed E-state index contributed by atoms with van der Waals surface area (Å²) >= 11 is 0. The summed E-state index contributed by atoms with van der Waals surface area (Å²) in [6.45, 7) is 5.71. The van der Waals surface area contributed by atoms with Gasteiger partial charge in [0.2, 0.25) is 0 Å². The maximum atomic E-state index is 12.5. The summed E-state index contributed by atoms with van der Waals surface area (Å²) < 4.78 is 10.2. The number of hydrogen-bond donors (Lipinski definition) is 1. The van der Waals surface area contributed by atoms with Crippen LogP contribution in [0, 0.1) is 0 Å². The highest BCUT2D eigenvalue weighted by Crippen LogP contribution is 2.12. The molecule has 0 radical (unpaired) electrons. The molecule has 1 N–H and O–H groups in total. The maximum absolute atomic E-state index is 12.5. The molecule has 7 heteroatoms. The minimum atomic E-state index is -1.03. The highest BCUT2D eigenvalue weighted by molar-refractivity contribution is 5.77. The summed E-state index contributed by atoms with van der Waals surface area (Å²) in [5.74, 6) is -1.03. The van der Waals surface area contributed by atoms with Crippen molar-refractivity contribution in [1.82, 2.24) is 9.80 Å². The Hall–Kier alpha value is -1.34. The highest BCUT2D eigenvalue weighted by Gasteiger charge is 2.32. The number of amides is 2. The highest BCUT2D eigenvalue weighted by atomic mass is 16.5. The van der Waals surface area contributed by atoms with Gasteiger partial charge in [0.25, 0.3) is 0 Å². The molecule has 0 aromatic heterocycles. The fourth-order valence-corrected chi connectivity index (χ4v) is 2.07. The maximum Gasteiger partial charge on any atom is 0.334 e. The van der Waals surface area contributed by atoms with Crippen molar-refractivity contribution in [3.05, 3.63) is 0 Å². The van der Waals surface area contributed by atoms with Crippen molar-refractivity contribution >= 4 is 12.0 Å². The Balaban J connectivity index is 2.69. The van der Waals surface area contributed by atoms with E-state index in [2.05, 4.69) is 0 Å². The average molecular weight is 288 g/mol. The van der Waals surface area contributed by atoms with Gasteiger partial charge in [-0.1, -0.05) is 6.92 Å². The molecule has 0 spiro atoms. The SMILES string of the molecule is CCC(C)N(CCOC)C(=O)N1CCOC(C(=O)O)C1. The Morgan fingerprint density at radius 3 is 2.80 bits per heavy atom. The van der Waals surface area contributed by atoms with Crippen molar-refractivity contribution in [3.8, 4) is 0 Å². The molecule has 2 unspecified atom stereocenters. The van der Waals surface area contributed by atoms with E-state index in [1.54, 1.807) is 16.9 Å². The zero-order chi connectivity index (χ0) is 15.1. The van der Waals surface area contributed by atoms with E-state index < -0.39 is 12.1 Å². The first-order valence-electron chi connectivity index (χ1n) is 6.90. The van der Waals surface area contributed by atoms with Gasteiger partial charge in [0, 0.05) is 26.2 Å². The minimum absolute atomic E-state index is 0.0868. The number of carbonyl (C=O) groups excluding carboxylic acids is 1. The van der Waals surface area contributed by atoms with Gasteiger partial charge in [-0.3, -0.25) is 0 Å². The van der Waals surface area contributed by atoms with E-state index in [0.29, 0.717) is 19.7 Å². The molecule has 1 aliphatic heterocycles. The van der Waals surface area contributed by atoms with Gasteiger partial charge >= 0.3 is 12.0 Å².